The van der Waals surface area contributed by atoms with E-state index in [4.69, 9.17) is 0 Å². The lowest BCUT2D eigenvalue weighted by molar-refractivity contribution is 0.580. The van der Waals surface area contributed by atoms with Gasteiger partial charge in [-0.3, -0.25) is 0 Å². The van der Waals surface area contributed by atoms with Gasteiger partial charge in [-0.05, 0) is 34.0 Å². The lowest BCUT2D eigenvalue weighted by atomic mass is 10.1. The van der Waals surface area contributed by atoms with Crippen molar-refractivity contribution < 1.29 is 8.42 Å². The van der Waals surface area contributed by atoms with Crippen molar-refractivity contribution in [2.45, 2.75) is 12.3 Å². The van der Waals surface area contributed by atoms with Crippen molar-refractivity contribution >= 4 is 36.7 Å². The molecule has 0 aliphatic heterocycles. The predicted molar refractivity (Wildman–Crippen MR) is 97.6 cm³/mol. The van der Waals surface area contributed by atoms with Crippen molar-refractivity contribution in [2.75, 3.05) is 0 Å². The number of halogens is 1. The SMILES string of the molecule is O=S(=O)(Cc1cccc(Br)c1)NCc1cccc2ccccc12. The van der Waals surface area contributed by atoms with Gasteiger partial charge in [-0.2, -0.15) is 0 Å². The minimum Gasteiger partial charge on any atom is -0.212 e. The lowest BCUT2D eigenvalue weighted by Gasteiger charge is -2.09. The quantitative estimate of drug-likeness (QED) is 0.709. The number of fused-ring (bicyclic) bond motifs is 1. The molecule has 0 unspecified atom stereocenters. The molecule has 3 aromatic carbocycles. The van der Waals surface area contributed by atoms with Gasteiger partial charge in [-0.15, -0.1) is 0 Å². The van der Waals surface area contributed by atoms with Crippen LogP contribution in [0.1, 0.15) is 11.1 Å². The highest BCUT2D eigenvalue weighted by Gasteiger charge is 2.12. The van der Waals surface area contributed by atoms with Crippen molar-refractivity contribution in [2.24, 2.45) is 0 Å². The summed E-state index contributed by atoms with van der Waals surface area (Å²) in [5.41, 5.74) is 1.73. The highest BCUT2D eigenvalue weighted by Crippen LogP contribution is 2.19. The first-order valence-corrected chi connectivity index (χ1v) is 9.66. The van der Waals surface area contributed by atoms with Crippen LogP contribution in [0.15, 0.2) is 71.2 Å². The molecule has 0 aliphatic carbocycles. The van der Waals surface area contributed by atoms with Crippen LogP contribution in [0.2, 0.25) is 0 Å². The topological polar surface area (TPSA) is 46.2 Å². The molecule has 0 saturated heterocycles. The first kappa shape index (κ1) is 16.2. The summed E-state index contributed by atoms with van der Waals surface area (Å²) in [6, 6.07) is 21.2. The molecule has 0 aromatic heterocycles. The minimum atomic E-state index is -3.39. The second kappa shape index (κ2) is 6.83. The maximum absolute atomic E-state index is 12.3. The Hall–Kier alpha value is -1.69. The van der Waals surface area contributed by atoms with Gasteiger partial charge in [0.05, 0.1) is 5.75 Å². The Morgan fingerprint density at radius 3 is 2.48 bits per heavy atom. The number of hydrogen-bond donors (Lipinski definition) is 1. The molecule has 1 N–H and O–H groups in total. The number of hydrogen-bond acceptors (Lipinski definition) is 2. The van der Waals surface area contributed by atoms with Gasteiger partial charge in [0.25, 0.3) is 0 Å². The van der Waals surface area contributed by atoms with Gasteiger partial charge >= 0.3 is 0 Å². The third-order valence-electron chi connectivity index (χ3n) is 3.61. The van der Waals surface area contributed by atoms with E-state index in [-0.39, 0.29) is 12.3 Å². The third kappa shape index (κ3) is 4.19. The van der Waals surface area contributed by atoms with Crippen LogP contribution < -0.4 is 4.72 Å². The second-order valence-corrected chi connectivity index (χ2v) is 8.07. The molecule has 0 saturated carbocycles. The Morgan fingerprint density at radius 2 is 1.65 bits per heavy atom. The Morgan fingerprint density at radius 1 is 0.913 bits per heavy atom. The molecule has 3 rings (SSSR count). The third-order valence-corrected chi connectivity index (χ3v) is 5.40. The average Bonchev–Trinajstić information content (AvgIpc) is 2.52. The first-order valence-electron chi connectivity index (χ1n) is 7.22. The summed E-state index contributed by atoms with van der Waals surface area (Å²) >= 11 is 3.36. The highest BCUT2D eigenvalue weighted by atomic mass is 79.9. The highest BCUT2D eigenvalue weighted by molar-refractivity contribution is 9.10. The van der Waals surface area contributed by atoms with E-state index in [1.54, 1.807) is 0 Å². The number of rotatable bonds is 5. The molecule has 118 valence electrons. The predicted octanol–water partition coefficient (Wildman–Crippen LogP) is 4.22. The van der Waals surface area contributed by atoms with E-state index in [1.807, 2.05) is 66.7 Å². The molecule has 23 heavy (non-hydrogen) atoms. The van der Waals surface area contributed by atoms with Gasteiger partial charge in [-0.25, -0.2) is 13.1 Å². The van der Waals surface area contributed by atoms with E-state index >= 15 is 0 Å². The molecule has 3 aromatic rings. The Balaban J connectivity index is 1.76. The first-order chi connectivity index (χ1) is 11.0. The molecule has 0 atom stereocenters. The van der Waals surface area contributed by atoms with Crippen LogP contribution in [0, 0.1) is 0 Å². The van der Waals surface area contributed by atoms with Gasteiger partial charge in [0.2, 0.25) is 10.0 Å². The molecule has 3 nitrogen and oxygen atoms in total. The fraction of sp³-hybridized carbons (Fsp3) is 0.111. The van der Waals surface area contributed by atoms with Gasteiger partial charge in [-0.1, -0.05) is 70.5 Å². The van der Waals surface area contributed by atoms with E-state index in [0.717, 1.165) is 26.4 Å². The van der Waals surface area contributed by atoms with E-state index in [0.29, 0.717) is 0 Å². The summed E-state index contributed by atoms with van der Waals surface area (Å²) in [6.07, 6.45) is 0. The Kier molecular flexibility index (Phi) is 4.80. The molecule has 5 heteroatoms. The summed E-state index contributed by atoms with van der Waals surface area (Å²) < 4.78 is 28.2. The number of nitrogens with one attached hydrogen (secondary N) is 1. The van der Waals surface area contributed by atoms with Crippen LogP contribution in [0.25, 0.3) is 10.8 Å². The molecule has 0 bridgehead atoms. The second-order valence-electron chi connectivity index (χ2n) is 5.35. The smallest absolute Gasteiger partial charge is 0.212 e. The van der Waals surface area contributed by atoms with Gasteiger partial charge in [0, 0.05) is 11.0 Å². The van der Waals surface area contributed by atoms with Crippen molar-refractivity contribution in [1.82, 2.24) is 4.72 Å². The summed E-state index contributed by atoms with van der Waals surface area (Å²) in [6.45, 7) is 0.289. The lowest BCUT2D eigenvalue weighted by Crippen LogP contribution is -2.24. The molecular formula is C18H16BrNO2S. The van der Waals surface area contributed by atoms with Crippen LogP contribution in [0.5, 0.6) is 0 Å². The monoisotopic (exact) mass is 389 g/mol. The van der Waals surface area contributed by atoms with E-state index in [9.17, 15) is 8.42 Å². The van der Waals surface area contributed by atoms with Gasteiger partial charge in [0.15, 0.2) is 0 Å². The average molecular weight is 390 g/mol. The van der Waals surface area contributed by atoms with Crippen LogP contribution in [0.3, 0.4) is 0 Å². The standard InChI is InChI=1S/C18H16BrNO2S/c19-17-9-3-5-14(11-17)13-23(21,22)20-12-16-8-4-7-15-6-1-2-10-18(15)16/h1-11,20H,12-13H2. The van der Waals surface area contributed by atoms with Gasteiger partial charge in [0.1, 0.15) is 0 Å². The zero-order valence-electron chi connectivity index (χ0n) is 12.4. The molecule has 0 amide bonds. The Labute approximate surface area is 144 Å². The van der Waals surface area contributed by atoms with Crippen molar-refractivity contribution in [3.63, 3.8) is 0 Å². The fourth-order valence-electron chi connectivity index (χ4n) is 2.53. The van der Waals surface area contributed by atoms with Gasteiger partial charge < -0.3 is 0 Å². The van der Waals surface area contributed by atoms with E-state index < -0.39 is 10.0 Å². The van der Waals surface area contributed by atoms with Crippen molar-refractivity contribution in [3.05, 3.63) is 82.3 Å². The van der Waals surface area contributed by atoms with Crippen molar-refractivity contribution in [1.29, 1.82) is 0 Å². The molecule has 0 spiro atoms. The summed E-state index contributed by atoms with van der Waals surface area (Å²) in [4.78, 5) is 0. The van der Waals surface area contributed by atoms with Crippen LogP contribution >= 0.6 is 15.9 Å². The summed E-state index contributed by atoms with van der Waals surface area (Å²) in [7, 11) is -3.39. The Bertz CT molecular complexity index is 933. The summed E-state index contributed by atoms with van der Waals surface area (Å²) in [5, 5.41) is 2.18. The zero-order valence-corrected chi connectivity index (χ0v) is 14.8. The zero-order chi connectivity index (χ0) is 16.3. The summed E-state index contributed by atoms with van der Waals surface area (Å²) in [5.74, 6) is -0.0305. The van der Waals surface area contributed by atoms with E-state index in [1.165, 1.54) is 0 Å². The van der Waals surface area contributed by atoms with E-state index in [2.05, 4.69) is 20.7 Å². The molecule has 0 heterocycles. The molecule has 0 fully saturated rings. The number of benzene rings is 3. The largest absolute Gasteiger partial charge is 0.216 e. The molecule has 0 aliphatic rings. The maximum Gasteiger partial charge on any atom is 0.216 e. The normalized spacial score (nSPS) is 11.7. The van der Waals surface area contributed by atoms with Crippen molar-refractivity contribution in [3.8, 4) is 0 Å². The maximum atomic E-state index is 12.3. The molecular weight excluding hydrogens is 374 g/mol. The fourth-order valence-corrected chi connectivity index (χ4v) is 4.07. The van der Waals surface area contributed by atoms with Crippen LogP contribution in [0.4, 0.5) is 0 Å². The van der Waals surface area contributed by atoms with Crippen LogP contribution in [-0.2, 0) is 22.3 Å². The minimum absolute atomic E-state index is 0.0305. The molecule has 0 radical (unpaired) electrons. The number of sulfonamides is 1. The van der Waals surface area contributed by atoms with Crippen LogP contribution in [-0.4, -0.2) is 8.42 Å².